The molecule has 0 aromatic carbocycles. The molecular formula is C9H18NO. The third-order valence-electron chi connectivity index (χ3n) is 1.82. The second-order valence-electron chi connectivity index (χ2n) is 2.92. The lowest BCUT2D eigenvalue weighted by molar-refractivity contribution is 0.294. The normalized spacial score (nSPS) is 12.6. The predicted molar refractivity (Wildman–Crippen MR) is 47.1 cm³/mol. The molecule has 0 aliphatic heterocycles. The van der Waals surface area contributed by atoms with Crippen LogP contribution in [0.1, 0.15) is 40.0 Å². The molecule has 1 radical (unpaired) electrons. The first-order chi connectivity index (χ1) is 5.26. The Morgan fingerprint density at radius 3 is 2.36 bits per heavy atom. The molecule has 0 spiro atoms. The van der Waals surface area contributed by atoms with Crippen LogP contribution in [0.15, 0.2) is 0 Å². The molecule has 1 amide bonds. The van der Waals surface area contributed by atoms with Gasteiger partial charge in [0, 0.05) is 12.6 Å². The van der Waals surface area contributed by atoms with Crippen LogP contribution in [0.2, 0.25) is 0 Å². The fourth-order valence-electron chi connectivity index (χ4n) is 1.17. The summed E-state index contributed by atoms with van der Waals surface area (Å²) in [5.41, 5.74) is 0. The Morgan fingerprint density at radius 2 is 2.00 bits per heavy atom. The van der Waals surface area contributed by atoms with Crippen LogP contribution in [-0.2, 0) is 4.79 Å². The Balaban J connectivity index is 3.70. The van der Waals surface area contributed by atoms with Crippen molar-refractivity contribution in [3.05, 3.63) is 0 Å². The van der Waals surface area contributed by atoms with Crippen LogP contribution in [0, 0.1) is 0 Å². The Bertz CT molecular complexity index is 104. The van der Waals surface area contributed by atoms with E-state index in [0.717, 1.165) is 25.8 Å². The zero-order valence-corrected chi connectivity index (χ0v) is 7.76. The molecule has 65 valence electrons. The van der Waals surface area contributed by atoms with E-state index in [4.69, 9.17) is 0 Å². The molecule has 0 saturated carbocycles. The Labute approximate surface area is 69.6 Å². The predicted octanol–water partition coefficient (Wildman–Crippen LogP) is 1.95. The third-order valence-corrected chi connectivity index (χ3v) is 1.82. The standard InChI is InChI=1S/C9H18NO/c1-4-6-9(3)10(8-11)7-5-2/h9H,4-7H2,1-3H3. The number of nitrogens with zero attached hydrogens (tertiary/aromatic N) is 1. The lowest BCUT2D eigenvalue weighted by Gasteiger charge is -2.22. The summed E-state index contributed by atoms with van der Waals surface area (Å²) in [6.45, 7) is 7.11. The summed E-state index contributed by atoms with van der Waals surface area (Å²) in [6.07, 6.45) is 5.19. The maximum atomic E-state index is 10.4. The zero-order chi connectivity index (χ0) is 8.69. The molecule has 0 bridgehead atoms. The fourth-order valence-corrected chi connectivity index (χ4v) is 1.17. The molecule has 2 heteroatoms. The lowest BCUT2D eigenvalue weighted by atomic mass is 10.2. The van der Waals surface area contributed by atoms with Gasteiger partial charge >= 0.3 is 6.41 Å². The quantitative estimate of drug-likeness (QED) is 0.538. The van der Waals surface area contributed by atoms with E-state index in [1.807, 2.05) is 6.41 Å². The highest BCUT2D eigenvalue weighted by Crippen LogP contribution is 2.04. The van der Waals surface area contributed by atoms with E-state index in [-0.39, 0.29) is 0 Å². The van der Waals surface area contributed by atoms with E-state index < -0.39 is 0 Å². The molecule has 0 heterocycles. The van der Waals surface area contributed by atoms with Crippen LogP contribution in [0.25, 0.3) is 0 Å². The van der Waals surface area contributed by atoms with Gasteiger partial charge in [-0.2, -0.15) is 0 Å². The van der Waals surface area contributed by atoms with Gasteiger partial charge in [-0.1, -0.05) is 20.3 Å². The summed E-state index contributed by atoms with van der Waals surface area (Å²) in [4.78, 5) is 12.2. The molecule has 0 saturated heterocycles. The summed E-state index contributed by atoms with van der Waals surface area (Å²) in [5, 5.41) is 0. The van der Waals surface area contributed by atoms with Crippen molar-refractivity contribution >= 4 is 6.41 Å². The summed E-state index contributed by atoms with van der Waals surface area (Å²) in [5.74, 6) is 0. The Kier molecular flexibility index (Phi) is 5.90. The van der Waals surface area contributed by atoms with Gasteiger partial charge in [-0.05, 0) is 19.8 Å². The Morgan fingerprint density at radius 1 is 1.36 bits per heavy atom. The zero-order valence-electron chi connectivity index (χ0n) is 7.76. The summed E-state index contributed by atoms with van der Waals surface area (Å²) >= 11 is 0. The molecule has 0 aliphatic rings. The molecule has 0 aromatic rings. The molecule has 1 atom stereocenters. The summed E-state index contributed by atoms with van der Waals surface area (Å²) < 4.78 is 0. The lowest BCUT2D eigenvalue weighted by Crippen LogP contribution is -2.32. The third kappa shape index (κ3) is 4.02. The van der Waals surface area contributed by atoms with Gasteiger partial charge < -0.3 is 4.90 Å². The summed E-state index contributed by atoms with van der Waals surface area (Å²) in [7, 11) is 0. The summed E-state index contributed by atoms with van der Waals surface area (Å²) in [6, 6.07) is 0.359. The van der Waals surface area contributed by atoms with Crippen molar-refractivity contribution < 1.29 is 4.79 Å². The van der Waals surface area contributed by atoms with Gasteiger partial charge in [0.15, 0.2) is 0 Å². The Hall–Kier alpha value is -0.530. The van der Waals surface area contributed by atoms with E-state index in [1.54, 1.807) is 4.90 Å². The maximum Gasteiger partial charge on any atom is 0.312 e. The van der Waals surface area contributed by atoms with Gasteiger partial charge in [-0.25, -0.2) is 0 Å². The average molecular weight is 156 g/mol. The first kappa shape index (κ1) is 10.5. The van der Waals surface area contributed by atoms with Crippen LogP contribution in [0.5, 0.6) is 0 Å². The maximum absolute atomic E-state index is 10.4. The van der Waals surface area contributed by atoms with Gasteiger partial charge in [0.05, 0.1) is 0 Å². The topological polar surface area (TPSA) is 20.3 Å². The smallest absolute Gasteiger partial charge is 0.312 e. The molecule has 11 heavy (non-hydrogen) atoms. The monoisotopic (exact) mass is 156 g/mol. The van der Waals surface area contributed by atoms with Crippen molar-refractivity contribution in [3.8, 4) is 0 Å². The molecule has 1 unspecified atom stereocenters. The molecular weight excluding hydrogens is 138 g/mol. The average Bonchev–Trinajstić information content (AvgIpc) is 2.00. The van der Waals surface area contributed by atoms with Gasteiger partial charge in [0.1, 0.15) is 0 Å². The number of rotatable bonds is 6. The number of hydrogen-bond acceptors (Lipinski definition) is 1. The molecule has 0 fully saturated rings. The molecule has 0 aliphatic carbocycles. The van der Waals surface area contributed by atoms with Crippen molar-refractivity contribution in [3.63, 3.8) is 0 Å². The van der Waals surface area contributed by atoms with Gasteiger partial charge in [0.25, 0.3) is 0 Å². The van der Waals surface area contributed by atoms with Crippen LogP contribution in [-0.4, -0.2) is 23.9 Å². The van der Waals surface area contributed by atoms with E-state index in [9.17, 15) is 4.79 Å². The molecule has 0 rings (SSSR count). The number of carbonyl (C=O) groups excluding carboxylic acids is 1. The highest BCUT2D eigenvalue weighted by Gasteiger charge is 2.09. The van der Waals surface area contributed by atoms with Crippen molar-refractivity contribution in [1.82, 2.24) is 4.90 Å². The SMILES string of the molecule is CCCC(C)N([C]=O)CCC. The fraction of sp³-hybridized carbons (Fsp3) is 0.889. The van der Waals surface area contributed by atoms with Crippen molar-refractivity contribution in [2.24, 2.45) is 0 Å². The van der Waals surface area contributed by atoms with Crippen LogP contribution < -0.4 is 0 Å². The first-order valence-electron chi connectivity index (χ1n) is 4.40. The van der Waals surface area contributed by atoms with Gasteiger partial charge in [0.2, 0.25) is 0 Å². The van der Waals surface area contributed by atoms with E-state index in [0.29, 0.717) is 6.04 Å². The van der Waals surface area contributed by atoms with Crippen LogP contribution in [0.4, 0.5) is 0 Å². The molecule has 0 aromatic heterocycles. The second kappa shape index (κ2) is 6.20. The van der Waals surface area contributed by atoms with Gasteiger partial charge in [-0.3, -0.25) is 4.79 Å². The van der Waals surface area contributed by atoms with E-state index in [2.05, 4.69) is 20.8 Å². The van der Waals surface area contributed by atoms with Crippen molar-refractivity contribution in [2.75, 3.05) is 6.54 Å². The molecule has 2 nitrogen and oxygen atoms in total. The highest BCUT2D eigenvalue weighted by molar-refractivity contribution is 5.48. The number of amides is 1. The largest absolute Gasteiger partial charge is 0.332 e. The minimum absolute atomic E-state index is 0.359. The van der Waals surface area contributed by atoms with Crippen LogP contribution >= 0.6 is 0 Å². The van der Waals surface area contributed by atoms with Crippen LogP contribution in [0.3, 0.4) is 0 Å². The molecule has 0 N–H and O–H groups in total. The van der Waals surface area contributed by atoms with Crippen molar-refractivity contribution in [1.29, 1.82) is 0 Å². The highest BCUT2D eigenvalue weighted by atomic mass is 16.1. The first-order valence-corrected chi connectivity index (χ1v) is 4.40. The second-order valence-corrected chi connectivity index (χ2v) is 2.92. The minimum atomic E-state index is 0.359. The van der Waals surface area contributed by atoms with E-state index in [1.165, 1.54) is 0 Å². The van der Waals surface area contributed by atoms with E-state index >= 15 is 0 Å². The minimum Gasteiger partial charge on any atom is -0.332 e. The van der Waals surface area contributed by atoms with Gasteiger partial charge in [-0.15, -0.1) is 0 Å². The van der Waals surface area contributed by atoms with Crippen molar-refractivity contribution in [2.45, 2.75) is 46.1 Å². The number of hydrogen-bond donors (Lipinski definition) is 0.